The summed E-state index contributed by atoms with van der Waals surface area (Å²) in [5.41, 5.74) is -0.0388. The van der Waals surface area contributed by atoms with Gasteiger partial charge in [0.05, 0.1) is 12.7 Å². The zero-order valence-corrected chi connectivity index (χ0v) is 6.41. The highest BCUT2D eigenvalue weighted by Gasteiger charge is 2.59. The smallest absolute Gasteiger partial charge is 0.147 e. The zero-order valence-electron chi connectivity index (χ0n) is 6.41. The van der Waals surface area contributed by atoms with Crippen LogP contribution in [-0.4, -0.2) is 31.2 Å². The van der Waals surface area contributed by atoms with Crippen molar-refractivity contribution in [2.45, 2.75) is 37.1 Å². The Hall–Kier alpha value is -0.120. The topological polar surface area (TPSA) is 31.0 Å². The summed E-state index contributed by atoms with van der Waals surface area (Å²) >= 11 is 0. The summed E-state index contributed by atoms with van der Waals surface area (Å²) < 4.78 is 16.3. The van der Waals surface area contributed by atoms with Gasteiger partial charge in [-0.3, -0.25) is 0 Å². The van der Waals surface area contributed by atoms with Crippen molar-refractivity contribution in [2.24, 2.45) is 0 Å². The lowest BCUT2D eigenvalue weighted by Crippen LogP contribution is -2.41. The molecule has 3 rings (SSSR count). The highest BCUT2D eigenvalue weighted by Crippen LogP contribution is 2.47. The second-order valence-electron chi connectivity index (χ2n) is 3.66. The van der Waals surface area contributed by atoms with Crippen LogP contribution in [0.25, 0.3) is 0 Å². The first-order valence-electron chi connectivity index (χ1n) is 4.28. The maximum Gasteiger partial charge on any atom is 0.147 e. The van der Waals surface area contributed by atoms with Gasteiger partial charge < -0.3 is 14.2 Å². The Morgan fingerprint density at radius 1 is 1.36 bits per heavy atom. The molecule has 0 aromatic carbocycles. The molecule has 3 unspecified atom stereocenters. The first kappa shape index (κ1) is 6.40. The van der Waals surface area contributed by atoms with Gasteiger partial charge in [0.1, 0.15) is 18.5 Å². The first-order valence-corrected chi connectivity index (χ1v) is 4.28. The fourth-order valence-corrected chi connectivity index (χ4v) is 2.29. The minimum atomic E-state index is -0.0388. The normalized spacial score (nSPS) is 54.5. The van der Waals surface area contributed by atoms with Crippen LogP contribution in [0.4, 0.5) is 0 Å². The number of epoxide rings is 1. The Morgan fingerprint density at radius 2 is 2.36 bits per heavy atom. The van der Waals surface area contributed by atoms with Gasteiger partial charge in [-0.25, -0.2) is 0 Å². The van der Waals surface area contributed by atoms with E-state index in [1.807, 2.05) is 0 Å². The van der Waals surface area contributed by atoms with Gasteiger partial charge in [0.2, 0.25) is 0 Å². The molecule has 3 heteroatoms. The molecule has 1 saturated carbocycles. The summed E-state index contributed by atoms with van der Waals surface area (Å²) in [5, 5.41) is 0. The van der Waals surface area contributed by atoms with Crippen LogP contribution in [0.5, 0.6) is 0 Å². The molecule has 2 saturated heterocycles. The van der Waals surface area contributed by atoms with Crippen LogP contribution >= 0.6 is 0 Å². The molecule has 2 aliphatic heterocycles. The number of hydrogen-bond acceptors (Lipinski definition) is 3. The van der Waals surface area contributed by atoms with E-state index in [0.29, 0.717) is 19.0 Å². The van der Waals surface area contributed by atoms with Crippen molar-refractivity contribution in [3.05, 3.63) is 0 Å². The molecule has 3 nitrogen and oxygen atoms in total. The maximum atomic E-state index is 5.59. The SMILES string of the molecule is C1CC2OC2C2(C1)COCO2. The predicted octanol–water partition coefficient (Wildman–Crippen LogP) is 0.681. The molecule has 1 spiro atoms. The molecule has 0 bridgehead atoms. The van der Waals surface area contributed by atoms with E-state index < -0.39 is 0 Å². The van der Waals surface area contributed by atoms with E-state index >= 15 is 0 Å². The Bertz CT molecular complexity index is 174. The Balaban J connectivity index is 1.84. The van der Waals surface area contributed by atoms with E-state index in [1.165, 1.54) is 12.8 Å². The number of fused-ring (bicyclic) bond motifs is 2. The van der Waals surface area contributed by atoms with Crippen molar-refractivity contribution in [3.63, 3.8) is 0 Å². The van der Waals surface area contributed by atoms with Gasteiger partial charge in [-0.2, -0.15) is 0 Å². The highest BCUT2D eigenvalue weighted by atomic mass is 16.7. The highest BCUT2D eigenvalue weighted by molar-refractivity contribution is 5.07. The number of rotatable bonds is 0. The number of hydrogen-bond donors (Lipinski definition) is 0. The summed E-state index contributed by atoms with van der Waals surface area (Å²) in [6, 6.07) is 0. The molecular formula is C8H12O3. The van der Waals surface area contributed by atoms with E-state index in [4.69, 9.17) is 14.2 Å². The molecule has 0 aromatic rings. The van der Waals surface area contributed by atoms with E-state index in [1.54, 1.807) is 0 Å². The predicted molar refractivity (Wildman–Crippen MR) is 37.1 cm³/mol. The molecule has 11 heavy (non-hydrogen) atoms. The quantitative estimate of drug-likeness (QED) is 0.483. The fourth-order valence-electron chi connectivity index (χ4n) is 2.29. The molecule has 3 atom stereocenters. The van der Waals surface area contributed by atoms with Crippen molar-refractivity contribution < 1.29 is 14.2 Å². The molecule has 3 aliphatic rings. The van der Waals surface area contributed by atoms with E-state index in [2.05, 4.69) is 0 Å². The van der Waals surface area contributed by atoms with Gasteiger partial charge in [0.25, 0.3) is 0 Å². The van der Waals surface area contributed by atoms with Gasteiger partial charge in [-0.1, -0.05) is 0 Å². The van der Waals surface area contributed by atoms with Gasteiger partial charge in [-0.05, 0) is 19.3 Å². The molecule has 62 valence electrons. The lowest BCUT2D eigenvalue weighted by Gasteiger charge is -2.27. The molecular weight excluding hydrogens is 144 g/mol. The van der Waals surface area contributed by atoms with Crippen molar-refractivity contribution in [2.75, 3.05) is 13.4 Å². The standard InChI is InChI=1S/C8H12O3/c1-2-6-7(11-6)8(3-1)4-9-5-10-8/h6-7H,1-5H2. The maximum absolute atomic E-state index is 5.59. The lowest BCUT2D eigenvalue weighted by molar-refractivity contribution is -0.0324. The summed E-state index contributed by atoms with van der Waals surface area (Å²) in [7, 11) is 0. The molecule has 0 aromatic heterocycles. The molecule has 0 radical (unpaired) electrons. The van der Waals surface area contributed by atoms with Crippen LogP contribution in [0.1, 0.15) is 19.3 Å². The minimum Gasteiger partial charge on any atom is -0.366 e. The van der Waals surface area contributed by atoms with E-state index in [0.717, 1.165) is 13.0 Å². The third-order valence-electron chi connectivity index (χ3n) is 2.97. The fraction of sp³-hybridized carbons (Fsp3) is 1.00. The Morgan fingerprint density at radius 3 is 3.18 bits per heavy atom. The average molecular weight is 156 g/mol. The van der Waals surface area contributed by atoms with Crippen LogP contribution in [0.2, 0.25) is 0 Å². The average Bonchev–Trinajstić information content (AvgIpc) is 2.68. The molecule has 1 aliphatic carbocycles. The van der Waals surface area contributed by atoms with Crippen molar-refractivity contribution in [1.29, 1.82) is 0 Å². The van der Waals surface area contributed by atoms with Crippen molar-refractivity contribution >= 4 is 0 Å². The molecule has 0 N–H and O–H groups in total. The largest absolute Gasteiger partial charge is 0.366 e. The van der Waals surface area contributed by atoms with Crippen LogP contribution in [0, 0.1) is 0 Å². The second-order valence-corrected chi connectivity index (χ2v) is 3.66. The van der Waals surface area contributed by atoms with E-state index in [9.17, 15) is 0 Å². The molecule has 2 heterocycles. The molecule has 3 fully saturated rings. The summed E-state index contributed by atoms with van der Waals surface area (Å²) in [5.74, 6) is 0. The Labute approximate surface area is 65.6 Å². The number of ether oxygens (including phenoxy) is 3. The van der Waals surface area contributed by atoms with Crippen molar-refractivity contribution in [3.8, 4) is 0 Å². The van der Waals surface area contributed by atoms with Crippen molar-refractivity contribution in [1.82, 2.24) is 0 Å². The van der Waals surface area contributed by atoms with Gasteiger partial charge in [0.15, 0.2) is 0 Å². The summed E-state index contributed by atoms with van der Waals surface area (Å²) in [6.45, 7) is 1.21. The second kappa shape index (κ2) is 1.97. The monoisotopic (exact) mass is 156 g/mol. The lowest BCUT2D eigenvalue weighted by atomic mass is 9.85. The summed E-state index contributed by atoms with van der Waals surface area (Å²) in [4.78, 5) is 0. The minimum absolute atomic E-state index is 0.0388. The first-order chi connectivity index (χ1) is 5.41. The third-order valence-corrected chi connectivity index (χ3v) is 2.97. The van der Waals surface area contributed by atoms with Crippen LogP contribution in [0.15, 0.2) is 0 Å². The van der Waals surface area contributed by atoms with Gasteiger partial charge in [0, 0.05) is 0 Å². The van der Waals surface area contributed by atoms with E-state index in [-0.39, 0.29) is 5.60 Å². The Kier molecular flexibility index (Phi) is 1.15. The molecule has 0 amide bonds. The summed E-state index contributed by atoms with van der Waals surface area (Å²) in [6.07, 6.45) is 4.42. The van der Waals surface area contributed by atoms with Crippen LogP contribution in [0.3, 0.4) is 0 Å². The third kappa shape index (κ3) is 0.789. The van der Waals surface area contributed by atoms with Gasteiger partial charge >= 0.3 is 0 Å². The van der Waals surface area contributed by atoms with Crippen LogP contribution < -0.4 is 0 Å². The zero-order chi connectivity index (χ0) is 7.31. The van der Waals surface area contributed by atoms with Crippen LogP contribution in [-0.2, 0) is 14.2 Å². The van der Waals surface area contributed by atoms with Gasteiger partial charge in [-0.15, -0.1) is 0 Å².